The highest BCUT2D eigenvalue weighted by Gasteiger charge is 2.20. The molecule has 0 aromatic heterocycles. The minimum Gasteiger partial charge on any atom is -0.496 e. The molecule has 1 amide bonds. The van der Waals surface area contributed by atoms with E-state index in [1.165, 1.54) is 13.2 Å². The summed E-state index contributed by atoms with van der Waals surface area (Å²) in [6.45, 7) is 2.72. The van der Waals surface area contributed by atoms with Crippen LogP contribution in [0.15, 0.2) is 30.3 Å². The van der Waals surface area contributed by atoms with E-state index in [9.17, 15) is 9.18 Å². The van der Waals surface area contributed by atoms with Crippen LogP contribution in [0.5, 0.6) is 17.2 Å². The molecule has 126 valence electrons. The number of amides is 1. The summed E-state index contributed by atoms with van der Waals surface area (Å²) in [5.74, 6) is 0.615. The van der Waals surface area contributed by atoms with E-state index >= 15 is 0 Å². The number of halogens is 1. The molecule has 24 heavy (non-hydrogen) atoms. The largest absolute Gasteiger partial charge is 0.496 e. The van der Waals surface area contributed by atoms with Crippen LogP contribution < -0.4 is 19.5 Å². The molecule has 2 aromatic rings. The van der Waals surface area contributed by atoms with Crippen molar-refractivity contribution in [2.24, 2.45) is 0 Å². The molecule has 0 aliphatic carbocycles. The van der Waals surface area contributed by atoms with Gasteiger partial charge in [0.05, 0.1) is 25.9 Å². The first kappa shape index (κ1) is 16.1. The first-order valence-electron chi connectivity index (χ1n) is 7.63. The summed E-state index contributed by atoms with van der Waals surface area (Å²) in [4.78, 5) is 12.6. The number of hydrogen-bond acceptors (Lipinski definition) is 4. The van der Waals surface area contributed by atoms with Crippen molar-refractivity contribution < 1.29 is 23.4 Å². The molecule has 5 nitrogen and oxygen atoms in total. The maximum absolute atomic E-state index is 13.6. The van der Waals surface area contributed by atoms with Crippen LogP contribution >= 0.6 is 0 Å². The maximum Gasteiger partial charge on any atom is 0.259 e. The van der Waals surface area contributed by atoms with Gasteiger partial charge in [0.2, 0.25) is 0 Å². The SMILES string of the molecule is COc1cc2c(cc1C(=O)Nc1ccc(C)c(F)c1)OCCCO2. The van der Waals surface area contributed by atoms with Gasteiger partial charge in [-0.2, -0.15) is 0 Å². The Bertz CT molecular complexity index is 776. The summed E-state index contributed by atoms with van der Waals surface area (Å²) < 4.78 is 30.1. The molecule has 0 saturated heterocycles. The van der Waals surface area contributed by atoms with Crippen LogP contribution in [0.1, 0.15) is 22.3 Å². The summed E-state index contributed by atoms with van der Waals surface area (Å²) in [5, 5.41) is 2.67. The van der Waals surface area contributed by atoms with Crippen LogP contribution in [-0.2, 0) is 0 Å². The Balaban J connectivity index is 1.90. The molecule has 1 heterocycles. The molecule has 3 rings (SSSR count). The van der Waals surface area contributed by atoms with Crippen LogP contribution in [0.2, 0.25) is 0 Å². The number of ether oxygens (including phenoxy) is 3. The van der Waals surface area contributed by atoms with Crippen molar-refractivity contribution in [3.05, 3.63) is 47.3 Å². The lowest BCUT2D eigenvalue weighted by Gasteiger charge is -2.14. The number of rotatable bonds is 3. The Morgan fingerprint density at radius 3 is 2.54 bits per heavy atom. The number of methoxy groups -OCH3 is 1. The van der Waals surface area contributed by atoms with Gasteiger partial charge in [-0.25, -0.2) is 4.39 Å². The van der Waals surface area contributed by atoms with E-state index in [-0.39, 0.29) is 5.82 Å². The molecule has 2 aromatic carbocycles. The van der Waals surface area contributed by atoms with E-state index in [1.807, 2.05) is 0 Å². The van der Waals surface area contributed by atoms with Gasteiger partial charge in [0.1, 0.15) is 11.6 Å². The second-order valence-corrected chi connectivity index (χ2v) is 5.47. The number of hydrogen-bond donors (Lipinski definition) is 1. The van der Waals surface area contributed by atoms with Crippen LogP contribution in [0.3, 0.4) is 0 Å². The Kier molecular flexibility index (Phi) is 4.55. The van der Waals surface area contributed by atoms with Gasteiger partial charge in [0.25, 0.3) is 5.91 Å². The summed E-state index contributed by atoms with van der Waals surface area (Å²) in [6.07, 6.45) is 0.765. The Morgan fingerprint density at radius 1 is 1.17 bits per heavy atom. The van der Waals surface area contributed by atoms with Crippen molar-refractivity contribution in [3.8, 4) is 17.2 Å². The monoisotopic (exact) mass is 331 g/mol. The molecule has 1 N–H and O–H groups in total. The third-order valence-electron chi connectivity index (χ3n) is 3.74. The normalized spacial score (nSPS) is 13.1. The predicted octanol–water partition coefficient (Wildman–Crippen LogP) is 3.56. The van der Waals surface area contributed by atoms with Crippen molar-refractivity contribution in [1.29, 1.82) is 0 Å². The van der Waals surface area contributed by atoms with Crippen molar-refractivity contribution in [2.45, 2.75) is 13.3 Å². The zero-order chi connectivity index (χ0) is 17.1. The van der Waals surface area contributed by atoms with Crippen molar-refractivity contribution in [2.75, 3.05) is 25.6 Å². The van der Waals surface area contributed by atoms with Gasteiger partial charge in [-0.1, -0.05) is 6.07 Å². The van der Waals surface area contributed by atoms with Crippen LogP contribution in [0.4, 0.5) is 10.1 Å². The smallest absolute Gasteiger partial charge is 0.259 e. The molecule has 0 atom stereocenters. The molecule has 0 unspecified atom stereocenters. The molecule has 0 spiro atoms. The summed E-state index contributed by atoms with van der Waals surface area (Å²) >= 11 is 0. The zero-order valence-corrected chi connectivity index (χ0v) is 13.5. The van der Waals surface area contributed by atoms with E-state index in [1.54, 1.807) is 31.2 Å². The minimum absolute atomic E-state index is 0.294. The van der Waals surface area contributed by atoms with Gasteiger partial charge in [-0.05, 0) is 24.6 Å². The molecule has 1 aliphatic heterocycles. The molecular weight excluding hydrogens is 313 g/mol. The zero-order valence-electron chi connectivity index (χ0n) is 13.5. The lowest BCUT2D eigenvalue weighted by Crippen LogP contribution is -2.14. The van der Waals surface area contributed by atoms with Gasteiger partial charge in [0, 0.05) is 24.2 Å². The van der Waals surface area contributed by atoms with Crippen LogP contribution in [-0.4, -0.2) is 26.2 Å². The second-order valence-electron chi connectivity index (χ2n) is 5.47. The standard InChI is InChI=1S/C18H18FNO4/c1-11-4-5-12(8-14(11)19)20-18(21)13-9-16-17(10-15(13)22-2)24-7-3-6-23-16/h4-5,8-10H,3,6-7H2,1-2H3,(H,20,21). The molecule has 1 aliphatic rings. The molecule has 0 radical (unpaired) electrons. The Morgan fingerprint density at radius 2 is 1.88 bits per heavy atom. The van der Waals surface area contributed by atoms with Crippen molar-refractivity contribution in [1.82, 2.24) is 0 Å². The average Bonchev–Trinajstić information content (AvgIpc) is 2.81. The van der Waals surface area contributed by atoms with Crippen LogP contribution in [0, 0.1) is 12.7 Å². The summed E-state index contributed by atoms with van der Waals surface area (Å²) in [7, 11) is 1.47. The number of carbonyl (C=O) groups excluding carboxylic acids is 1. The third-order valence-corrected chi connectivity index (χ3v) is 3.74. The number of anilines is 1. The fourth-order valence-corrected chi connectivity index (χ4v) is 2.41. The summed E-state index contributed by atoms with van der Waals surface area (Å²) in [6, 6.07) is 7.75. The third kappa shape index (κ3) is 3.27. The molecule has 6 heteroatoms. The number of fused-ring (bicyclic) bond motifs is 1. The van der Waals surface area contributed by atoms with Gasteiger partial charge in [0.15, 0.2) is 11.5 Å². The van der Waals surface area contributed by atoms with Crippen molar-refractivity contribution in [3.63, 3.8) is 0 Å². The average molecular weight is 331 g/mol. The Labute approximate surface area is 139 Å². The van der Waals surface area contributed by atoms with E-state index in [0.717, 1.165) is 6.42 Å². The first-order chi connectivity index (χ1) is 11.6. The highest BCUT2D eigenvalue weighted by Crippen LogP contribution is 2.36. The topological polar surface area (TPSA) is 56.8 Å². The van der Waals surface area contributed by atoms with Gasteiger partial charge >= 0.3 is 0 Å². The maximum atomic E-state index is 13.6. The minimum atomic E-state index is -0.411. The van der Waals surface area contributed by atoms with Gasteiger partial charge in [-0.15, -0.1) is 0 Å². The van der Waals surface area contributed by atoms with E-state index < -0.39 is 5.91 Å². The quantitative estimate of drug-likeness (QED) is 0.934. The van der Waals surface area contributed by atoms with Crippen molar-refractivity contribution >= 4 is 11.6 Å². The number of benzene rings is 2. The van der Waals surface area contributed by atoms with E-state index in [0.29, 0.717) is 47.3 Å². The summed E-state index contributed by atoms with van der Waals surface area (Å²) in [5.41, 5.74) is 1.18. The molecular formula is C18H18FNO4. The highest BCUT2D eigenvalue weighted by atomic mass is 19.1. The molecule has 0 fully saturated rings. The first-order valence-corrected chi connectivity index (χ1v) is 7.63. The molecule has 0 saturated carbocycles. The van der Waals surface area contributed by atoms with Gasteiger partial charge < -0.3 is 19.5 Å². The van der Waals surface area contributed by atoms with Gasteiger partial charge in [-0.3, -0.25) is 4.79 Å². The van der Waals surface area contributed by atoms with Crippen LogP contribution in [0.25, 0.3) is 0 Å². The van der Waals surface area contributed by atoms with E-state index in [4.69, 9.17) is 14.2 Å². The highest BCUT2D eigenvalue weighted by molar-refractivity contribution is 6.06. The predicted molar refractivity (Wildman–Crippen MR) is 87.7 cm³/mol. The molecule has 0 bridgehead atoms. The van der Waals surface area contributed by atoms with E-state index in [2.05, 4.69) is 5.32 Å². The fourth-order valence-electron chi connectivity index (χ4n) is 2.41. The number of nitrogens with one attached hydrogen (secondary N) is 1. The lowest BCUT2D eigenvalue weighted by atomic mass is 10.1. The fraction of sp³-hybridized carbons (Fsp3) is 0.278. The second kappa shape index (κ2) is 6.78. The number of carbonyl (C=O) groups is 1. The number of aryl methyl sites for hydroxylation is 1. The lowest BCUT2D eigenvalue weighted by molar-refractivity contribution is 0.102. The Hall–Kier alpha value is -2.76.